The van der Waals surface area contributed by atoms with Crippen molar-refractivity contribution in [2.75, 3.05) is 26.2 Å². The number of benzene rings is 1. The summed E-state index contributed by atoms with van der Waals surface area (Å²) in [6.07, 6.45) is 3.56. The third kappa shape index (κ3) is 4.66. The van der Waals surface area contributed by atoms with Crippen molar-refractivity contribution in [1.29, 1.82) is 0 Å². The summed E-state index contributed by atoms with van der Waals surface area (Å²) < 4.78 is 11.6. The van der Waals surface area contributed by atoms with Crippen molar-refractivity contribution in [3.63, 3.8) is 0 Å². The summed E-state index contributed by atoms with van der Waals surface area (Å²) in [6.45, 7) is 10.2. The van der Waals surface area contributed by atoms with Crippen LogP contribution in [0.3, 0.4) is 0 Å². The molecule has 5 heteroatoms. The van der Waals surface area contributed by atoms with E-state index in [2.05, 4.69) is 25.2 Å². The summed E-state index contributed by atoms with van der Waals surface area (Å²) >= 11 is 0. The van der Waals surface area contributed by atoms with Crippen LogP contribution < -0.4 is 19.7 Å². The maximum atomic E-state index is 12.3. The summed E-state index contributed by atoms with van der Waals surface area (Å²) in [5.74, 6) is 2.70. The zero-order valence-electron chi connectivity index (χ0n) is 15.7. The predicted octanol–water partition coefficient (Wildman–Crippen LogP) is 1.34. The van der Waals surface area contributed by atoms with E-state index in [1.54, 1.807) is 0 Å². The van der Waals surface area contributed by atoms with Crippen molar-refractivity contribution in [2.24, 2.45) is 5.92 Å². The van der Waals surface area contributed by atoms with Crippen LogP contribution >= 0.6 is 0 Å². The summed E-state index contributed by atoms with van der Waals surface area (Å²) in [6, 6.07) is 4.10. The van der Waals surface area contributed by atoms with Crippen molar-refractivity contribution in [3.05, 3.63) is 23.3 Å². The Hall–Kier alpha value is -1.75. The first-order chi connectivity index (χ1) is 12.0. The molecule has 2 aliphatic rings. The highest BCUT2D eigenvalue weighted by atomic mass is 16.5. The van der Waals surface area contributed by atoms with Gasteiger partial charge in [0.15, 0.2) is 6.54 Å². The SMILES string of the molecule is CCOc1cc2c(cc1CNC(=O)C[NH+]1CCC(C)CC1)O[C@H](C)C2. The second kappa shape index (κ2) is 8.09. The zero-order valence-corrected chi connectivity index (χ0v) is 15.7. The molecule has 0 saturated carbocycles. The van der Waals surface area contributed by atoms with Crippen LogP contribution in [0.5, 0.6) is 11.5 Å². The van der Waals surface area contributed by atoms with E-state index in [0.717, 1.165) is 42.5 Å². The van der Waals surface area contributed by atoms with Crippen molar-refractivity contribution in [2.45, 2.75) is 52.7 Å². The zero-order chi connectivity index (χ0) is 17.8. The average Bonchev–Trinajstić information content (AvgIpc) is 2.94. The molecular weight excluding hydrogens is 316 g/mol. The second-order valence-corrected chi connectivity index (χ2v) is 7.52. The van der Waals surface area contributed by atoms with Crippen LogP contribution in [-0.4, -0.2) is 38.3 Å². The van der Waals surface area contributed by atoms with Crippen LogP contribution in [0.4, 0.5) is 0 Å². The van der Waals surface area contributed by atoms with Gasteiger partial charge in [-0.15, -0.1) is 0 Å². The summed E-state index contributed by atoms with van der Waals surface area (Å²) in [5, 5.41) is 3.06. The van der Waals surface area contributed by atoms with Crippen LogP contribution in [0.1, 0.15) is 44.7 Å². The Morgan fingerprint density at radius 3 is 2.80 bits per heavy atom. The van der Waals surface area contributed by atoms with Gasteiger partial charge in [-0.25, -0.2) is 0 Å². The van der Waals surface area contributed by atoms with Gasteiger partial charge in [0.25, 0.3) is 5.91 Å². The number of rotatable bonds is 6. The average molecular weight is 347 g/mol. The molecule has 0 aliphatic carbocycles. The quantitative estimate of drug-likeness (QED) is 0.817. The van der Waals surface area contributed by atoms with E-state index in [1.807, 2.05) is 13.0 Å². The first kappa shape index (κ1) is 18.1. The van der Waals surface area contributed by atoms with Gasteiger partial charge in [0, 0.05) is 24.1 Å². The Morgan fingerprint density at radius 2 is 2.08 bits per heavy atom. The molecule has 2 N–H and O–H groups in total. The molecule has 1 atom stereocenters. The van der Waals surface area contributed by atoms with Crippen molar-refractivity contribution in [1.82, 2.24) is 5.32 Å². The lowest BCUT2D eigenvalue weighted by atomic mass is 9.99. The predicted molar refractivity (Wildman–Crippen MR) is 97.2 cm³/mol. The third-order valence-corrected chi connectivity index (χ3v) is 5.25. The maximum Gasteiger partial charge on any atom is 0.275 e. The Labute approximate surface area is 150 Å². The Kier molecular flexibility index (Phi) is 5.84. The highest BCUT2D eigenvalue weighted by Gasteiger charge is 2.23. The number of fused-ring (bicyclic) bond motifs is 1. The Bertz CT molecular complexity index is 609. The van der Waals surface area contributed by atoms with Crippen LogP contribution in [0.25, 0.3) is 0 Å². The molecule has 0 unspecified atom stereocenters. The van der Waals surface area contributed by atoms with Gasteiger partial charge in [-0.2, -0.15) is 0 Å². The van der Waals surface area contributed by atoms with Gasteiger partial charge >= 0.3 is 0 Å². The minimum absolute atomic E-state index is 0.113. The molecule has 1 amide bonds. The first-order valence-corrected chi connectivity index (χ1v) is 9.60. The van der Waals surface area contributed by atoms with Crippen molar-refractivity contribution < 1.29 is 19.2 Å². The van der Waals surface area contributed by atoms with Crippen molar-refractivity contribution in [3.8, 4) is 11.5 Å². The monoisotopic (exact) mass is 347 g/mol. The highest BCUT2D eigenvalue weighted by molar-refractivity contribution is 5.77. The van der Waals surface area contributed by atoms with Gasteiger partial charge in [0.1, 0.15) is 17.6 Å². The fourth-order valence-electron chi connectivity index (χ4n) is 3.74. The smallest absolute Gasteiger partial charge is 0.275 e. The number of quaternary nitrogens is 1. The molecule has 0 radical (unpaired) electrons. The van der Waals surface area contributed by atoms with Gasteiger partial charge < -0.3 is 19.7 Å². The van der Waals surface area contributed by atoms with Gasteiger partial charge in [-0.3, -0.25) is 4.79 Å². The maximum absolute atomic E-state index is 12.3. The normalized spacial score (nSPS) is 25.2. The van der Waals surface area contributed by atoms with Gasteiger partial charge in [0.2, 0.25) is 0 Å². The molecule has 3 rings (SSSR count). The van der Waals surface area contributed by atoms with E-state index in [4.69, 9.17) is 9.47 Å². The number of likely N-dealkylation sites (tertiary alicyclic amines) is 1. The number of piperidine rings is 1. The van der Waals surface area contributed by atoms with Gasteiger partial charge in [0.05, 0.1) is 19.7 Å². The molecule has 25 heavy (non-hydrogen) atoms. The lowest BCUT2D eigenvalue weighted by Crippen LogP contribution is -3.14. The van der Waals surface area contributed by atoms with E-state index in [-0.39, 0.29) is 12.0 Å². The lowest BCUT2D eigenvalue weighted by Gasteiger charge is -2.26. The van der Waals surface area contributed by atoms with Gasteiger partial charge in [-0.05, 0) is 44.7 Å². The van der Waals surface area contributed by atoms with E-state index >= 15 is 0 Å². The molecule has 0 bridgehead atoms. The molecule has 2 aliphatic heterocycles. The fraction of sp³-hybridized carbons (Fsp3) is 0.650. The molecule has 1 aromatic carbocycles. The number of nitrogens with one attached hydrogen (secondary N) is 2. The number of ether oxygens (including phenoxy) is 2. The number of amides is 1. The number of carbonyl (C=O) groups is 1. The standard InChI is InChI=1S/C20H30N2O3/c1-4-24-18-10-16-9-15(3)25-19(16)11-17(18)12-21-20(23)13-22-7-5-14(2)6-8-22/h10-11,14-15H,4-9,12-13H2,1-3H3,(H,21,23)/p+1/t15-/m1/s1. The molecule has 0 spiro atoms. The molecule has 2 heterocycles. The number of hydrogen-bond donors (Lipinski definition) is 2. The van der Waals surface area contributed by atoms with Crippen LogP contribution in [-0.2, 0) is 17.8 Å². The lowest BCUT2D eigenvalue weighted by molar-refractivity contribution is -0.898. The first-order valence-electron chi connectivity index (χ1n) is 9.60. The Balaban J connectivity index is 1.58. The van der Waals surface area contributed by atoms with Crippen LogP contribution in [0.2, 0.25) is 0 Å². The van der Waals surface area contributed by atoms with Crippen molar-refractivity contribution >= 4 is 5.91 Å². The molecule has 5 nitrogen and oxygen atoms in total. The molecule has 1 fully saturated rings. The molecule has 1 aromatic rings. The van der Waals surface area contributed by atoms with Crippen LogP contribution in [0, 0.1) is 5.92 Å². The summed E-state index contributed by atoms with van der Waals surface area (Å²) in [4.78, 5) is 13.7. The second-order valence-electron chi connectivity index (χ2n) is 7.52. The summed E-state index contributed by atoms with van der Waals surface area (Å²) in [5.41, 5.74) is 2.18. The molecular formula is C20H31N2O3+. The topological polar surface area (TPSA) is 52.0 Å². The van der Waals surface area contributed by atoms with E-state index in [0.29, 0.717) is 19.7 Å². The van der Waals surface area contributed by atoms with Gasteiger partial charge in [-0.1, -0.05) is 6.92 Å². The van der Waals surface area contributed by atoms with E-state index < -0.39 is 0 Å². The minimum Gasteiger partial charge on any atom is -0.494 e. The molecule has 1 saturated heterocycles. The molecule has 138 valence electrons. The third-order valence-electron chi connectivity index (χ3n) is 5.25. The molecule has 0 aromatic heterocycles. The largest absolute Gasteiger partial charge is 0.494 e. The highest BCUT2D eigenvalue weighted by Crippen LogP contribution is 2.35. The minimum atomic E-state index is 0.113. The number of hydrogen-bond acceptors (Lipinski definition) is 3. The fourth-order valence-corrected chi connectivity index (χ4v) is 3.74. The van der Waals surface area contributed by atoms with Crippen LogP contribution in [0.15, 0.2) is 12.1 Å². The van der Waals surface area contributed by atoms with E-state index in [1.165, 1.54) is 23.3 Å². The van der Waals surface area contributed by atoms with E-state index in [9.17, 15) is 4.79 Å². The Morgan fingerprint density at radius 1 is 1.32 bits per heavy atom. The number of carbonyl (C=O) groups excluding carboxylic acids is 1. The summed E-state index contributed by atoms with van der Waals surface area (Å²) in [7, 11) is 0.